The van der Waals surface area contributed by atoms with Gasteiger partial charge in [-0.3, -0.25) is 4.79 Å². The number of hydrogen-bond acceptors (Lipinski definition) is 1. The van der Waals surface area contributed by atoms with E-state index < -0.39 is 0 Å². The Morgan fingerprint density at radius 1 is 1.35 bits per heavy atom. The van der Waals surface area contributed by atoms with E-state index in [1.54, 1.807) is 0 Å². The lowest BCUT2D eigenvalue weighted by Crippen LogP contribution is -2.40. The van der Waals surface area contributed by atoms with Crippen molar-refractivity contribution >= 4 is 5.91 Å². The quantitative estimate of drug-likeness (QED) is 0.911. The summed E-state index contributed by atoms with van der Waals surface area (Å²) in [5.74, 6) is 0.433. The monoisotopic (exact) mass is 314 g/mol. The number of rotatable bonds is 4. The van der Waals surface area contributed by atoms with Gasteiger partial charge in [-0.15, -0.1) is 0 Å². The van der Waals surface area contributed by atoms with Gasteiger partial charge in [-0.2, -0.15) is 0 Å². The minimum absolute atomic E-state index is 0.101. The first kappa shape index (κ1) is 15.8. The Balaban J connectivity index is 1.55. The van der Waals surface area contributed by atoms with Crippen LogP contribution in [0.3, 0.4) is 0 Å². The Bertz CT molecular complexity index is 662. The fraction of sp³-hybridized carbons (Fsp3) is 0.421. The fourth-order valence-corrected chi connectivity index (χ4v) is 3.30. The van der Waals surface area contributed by atoms with Gasteiger partial charge in [-0.25, -0.2) is 4.39 Å². The molecule has 122 valence electrons. The summed E-state index contributed by atoms with van der Waals surface area (Å²) in [6.45, 7) is 3.64. The second kappa shape index (κ2) is 6.99. The number of benzene rings is 1. The highest BCUT2D eigenvalue weighted by molar-refractivity contribution is 5.92. The van der Waals surface area contributed by atoms with Gasteiger partial charge < -0.3 is 9.88 Å². The number of nitrogens with one attached hydrogen (secondary N) is 1. The number of piperidine rings is 1. The van der Waals surface area contributed by atoms with Crippen LogP contribution in [0.25, 0.3) is 0 Å². The molecule has 3 rings (SSSR count). The second-order valence-electron chi connectivity index (χ2n) is 6.52. The van der Waals surface area contributed by atoms with E-state index in [2.05, 4.69) is 4.98 Å². The van der Waals surface area contributed by atoms with Crippen molar-refractivity contribution in [2.75, 3.05) is 13.1 Å². The highest BCUT2D eigenvalue weighted by Gasteiger charge is 2.24. The van der Waals surface area contributed by atoms with Crippen LogP contribution in [0.15, 0.2) is 36.5 Å². The SMILES string of the molecule is Cc1c[nH]c(C(=O)N2CCCC(CCc3ccc(F)cc3)C2)c1. The van der Waals surface area contributed by atoms with Crippen molar-refractivity contribution in [1.82, 2.24) is 9.88 Å². The van der Waals surface area contributed by atoms with Crippen molar-refractivity contribution in [2.45, 2.75) is 32.6 Å². The van der Waals surface area contributed by atoms with E-state index in [0.717, 1.165) is 49.9 Å². The van der Waals surface area contributed by atoms with E-state index in [-0.39, 0.29) is 11.7 Å². The van der Waals surface area contributed by atoms with Crippen LogP contribution < -0.4 is 0 Å². The average Bonchev–Trinajstić information content (AvgIpc) is 3.00. The Labute approximate surface area is 136 Å². The van der Waals surface area contributed by atoms with Crippen molar-refractivity contribution in [3.63, 3.8) is 0 Å². The van der Waals surface area contributed by atoms with Gasteiger partial charge in [-0.1, -0.05) is 12.1 Å². The Hall–Kier alpha value is -2.10. The molecule has 4 heteroatoms. The normalized spacial score (nSPS) is 18.2. The van der Waals surface area contributed by atoms with Crippen molar-refractivity contribution < 1.29 is 9.18 Å². The third-order valence-electron chi connectivity index (χ3n) is 4.62. The van der Waals surface area contributed by atoms with E-state index >= 15 is 0 Å². The summed E-state index contributed by atoms with van der Waals surface area (Å²) in [7, 11) is 0. The van der Waals surface area contributed by atoms with Gasteiger partial charge in [0, 0.05) is 19.3 Å². The van der Waals surface area contributed by atoms with Gasteiger partial charge in [0.05, 0.1) is 0 Å². The molecular weight excluding hydrogens is 291 g/mol. The van der Waals surface area contributed by atoms with Gasteiger partial charge in [0.25, 0.3) is 5.91 Å². The zero-order valence-corrected chi connectivity index (χ0v) is 13.5. The molecule has 3 nitrogen and oxygen atoms in total. The number of halogens is 1. The van der Waals surface area contributed by atoms with E-state index in [1.807, 2.05) is 36.2 Å². The number of hydrogen-bond donors (Lipinski definition) is 1. The van der Waals surface area contributed by atoms with Gasteiger partial charge in [0.2, 0.25) is 0 Å². The molecule has 0 aliphatic carbocycles. The van der Waals surface area contributed by atoms with Crippen LogP contribution >= 0.6 is 0 Å². The number of aryl methyl sites for hydroxylation is 2. The Kier molecular flexibility index (Phi) is 4.79. The van der Waals surface area contributed by atoms with Crippen LogP contribution in [0.2, 0.25) is 0 Å². The first-order valence-electron chi connectivity index (χ1n) is 8.30. The number of aromatic amines is 1. The molecule has 0 saturated carbocycles. The molecule has 2 aromatic rings. The maximum absolute atomic E-state index is 12.9. The summed E-state index contributed by atoms with van der Waals surface area (Å²) in [6.07, 6.45) is 6.06. The van der Waals surface area contributed by atoms with Gasteiger partial charge >= 0.3 is 0 Å². The minimum Gasteiger partial charge on any atom is -0.357 e. The smallest absolute Gasteiger partial charge is 0.270 e. The Morgan fingerprint density at radius 2 is 2.13 bits per heavy atom. The molecule has 1 N–H and O–H groups in total. The first-order chi connectivity index (χ1) is 11.1. The van der Waals surface area contributed by atoms with Crippen LogP contribution in [0.1, 0.15) is 40.9 Å². The fourth-order valence-electron chi connectivity index (χ4n) is 3.30. The molecule has 1 amide bonds. The number of amides is 1. The molecule has 23 heavy (non-hydrogen) atoms. The predicted octanol–water partition coefficient (Wildman–Crippen LogP) is 3.95. The van der Waals surface area contributed by atoms with Gasteiger partial charge in [0.15, 0.2) is 0 Å². The van der Waals surface area contributed by atoms with Crippen molar-refractivity contribution in [1.29, 1.82) is 0 Å². The summed E-state index contributed by atoms with van der Waals surface area (Å²) in [5, 5.41) is 0. The molecule has 1 aliphatic rings. The van der Waals surface area contributed by atoms with Crippen LogP contribution in [-0.2, 0) is 6.42 Å². The molecule has 2 heterocycles. The molecule has 1 atom stereocenters. The van der Waals surface area contributed by atoms with Crippen LogP contribution in [-0.4, -0.2) is 28.9 Å². The van der Waals surface area contributed by atoms with Crippen molar-refractivity contribution in [3.05, 3.63) is 59.2 Å². The summed E-state index contributed by atoms with van der Waals surface area (Å²) in [5.41, 5.74) is 2.93. The maximum atomic E-state index is 12.9. The molecule has 0 bridgehead atoms. The minimum atomic E-state index is -0.190. The highest BCUT2D eigenvalue weighted by Crippen LogP contribution is 2.23. The third kappa shape index (κ3) is 4.01. The highest BCUT2D eigenvalue weighted by atomic mass is 19.1. The largest absolute Gasteiger partial charge is 0.357 e. The number of aromatic nitrogens is 1. The summed E-state index contributed by atoms with van der Waals surface area (Å²) in [4.78, 5) is 17.5. The van der Waals surface area contributed by atoms with Crippen LogP contribution in [0, 0.1) is 18.7 Å². The topological polar surface area (TPSA) is 36.1 Å². The van der Waals surface area contributed by atoms with Crippen LogP contribution in [0.5, 0.6) is 0 Å². The Morgan fingerprint density at radius 3 is 2.83 bits per heavy atom. The molecule has 1 aromatic heterocycles. The van der Waals surface area contributed by atoms with E-state index in [9.17, 15) is 9.18 Å². The lowest BCUT2D eigenvalue weighted by molar-refractivity contribution is 0.0663. The molecule has 1 aromatic carbocycles. The molecule has 1 fully saturated rings. The molecule has 0 radical (unpaired) electrons. The zero-order chi connectivity index (χ0) is 16.2. The van der Waals surface area contributed by atoms with E-state index in [1.165, 1.54) is 12.1 Å². The second-order valence-corrected chi connectivity index (χ2v) is 6.52. The van der Waals surface area contributed by atoms with Gasteiger partial charge in [-0.05, 0) is 67.9 Å². The maximum Gasteiger partial charge on any atom is 0.270 e. The number of nitrogens with zero attached hydrogens (tertiary/aromatic N) is 1. The first-order valence-corrected chi connectivity index (χ1v) is 8.30. The van der Waals surface area contributed by atoms with Crippen molar-refractivity contribution in [2.24, 2.45) is 5.92 Å². The summed E-state index contributed by atoms with van der Waals surface area (Å²) >= 11 is 0. The average molecular weight is 314 g/mol. The summed E-state index contributed by atoms with van der Waals surface area (Å²) in [6, 6.07) is 8.63. The molecule has 1 unspecified atom stereocenters. The molecule has 0 spiro atoms. The number of likely N-dealkylation sites (tertiary alicyclic amines) is 1. The standard InChI is InChI=1S/C19H23FN2O/c1-14-11-18(21-12-14)19(23)22-10-2-3-16(13-22)5-4-15-6-8-17(20)9-7-15/h6-9,11-12,16,21H,2-5,10,13H2,1H3. The predicted molar refractivity (Wildman–Crippen MR) is 88.9 cm³/mol. The molecule has 1 aliphatic heterocycles. The summed E-state index contributed by atoms with van der Waals surface area (Å²) < 4.78 is 12.9. The van der Waals surface area contributed by atoms with Crippen molar-refractivity contribution in [3.8, 4) is 0 Å². The van der Waals surface area contributed by atoms with Crippen LogP contribution in [0.4, 0.5) is 4.39 Å². The van der Waals surface area contributed by atoms with E-state index in [4.69, 9.17) is 0 Å². The molecular formula is C19H23FN2O. The number of H-pyrrole nitrogens is 1. The lowest BCUT2D eigenvalue weighted by atomic mass is 9.91. The zero-order valence-electron chi connectivity index (χ0n) is 13.5. The van der Waals surface area contributed by atoms with E-state index in [0.29, 0.717) is 11.6 Å². The molecule has 1 saturated heterocycles. The van der Waals surface area contributed by atoms with Gasteiger partial charge in [0.1, 0.15) is 11.5 Å². The number of carbonyl (C=O) groups excluding carboxylic acids is 1. The third-order valence-corrected chi connectivity index (χ3v) is 4.62. The lowest BCUT2D eigenvalue weighted by Gasteiger charge is -2.32. The number of carbonyl (C=O) groups is 1.